The number of aromatic nitrogens is 1. The Bertz CT molecular complexity index is 944. The van der Waals surface area contributed by atoms with E-state index in [0.717, 1.165) is 16.8 Å². The molecule has 0 aliphatic carbocycles. The van der Waals surface area contributed by atoms with Gasteiger partial charge >= 0.3 is 5.69 Å². The summed E-state index contributed by atoms with van der Waals surface area (Å²) in [4.78, 5) is 26.2. The summed E-state index contributed by atoms with van der Waals surface area (Å²) in [7, 11) is 0. The van der Waals surface area contributed by atoms with Crippen LogP contribution in [0.15, 0.2) is 35.8 Å². The summed E-state index contributed by atoms with van der Waals surface area (Å²) in [6, 6.07) is 6.68. The standard InChI is InChI=1S/C14H7ClFN3O3S/c15-9-5-10(16)12(19(21)22)4-8(9)14(20)18-7-1-2-13-11(3-7)17-6-23-13/h1-6H,(H,18,20). The second kappa shape index (κ2) is 5.90. The molecule has 2 aromatic carbocycles. The number of fused-ring (bicyclic) bond motifs is 1. The van der Waals surface area contributed by atoms with Crippen LogP contribution in [0.4, 0.5) is 15.8 Å². The number of thiazole rings is 1. The zero-order valence-electron chi connectivity index (χ0n) is 11.2. The number of halogens is 2. The molecule has 1 heterocycles. The van der Waals surface area contributed by atoms with Gasteiger partial charge in [-0.2, -0.15) is 4.39 Å². The fourth-order valence-corrected chi connectivity index (χ4v) is 2.88. The molecule has 0 radical (unpaired) electrons. The van der Waals surface area contributed by atoms with Crippen molar-refractivity contribution in [3.05, 3.63) is 62.4 Å². The summed E-state index contributed by atoms with van der Waals surface area (Å²) in [5.41, 5.74) is 1.85. The minimum atomic E-state index is -1.10. The highest BCUT2D eigenvalue weighted by molar-refractivity contribution is 7.16. The van der Waals surface area contributed by atoms with Crippen LogP contribution < -0.4 is 5.32 Å². The lowest BCUT2D eigenvalue weighted by Gasteiger charge is -2.07. The van der Waals surface area contributed by atoms with Gasteiger partial charge in [-0.25, -0.2) is 4.98 Å². The van der Waals surface area contributed by atoms with Gasteiger partial charge in [0.1, 0.15) is 0 Å². The van der Waals surface area contributed by atoms with Crippen molar-refractivity contribution in [2.75, 3.05) is 5.32 Å². The van der Waals surface area contributed by atoms with Crippen LogP contribution >= 0.6 is 22.9 Å². The van der Waals surface area contributed by atoms with Crippen LogP contribution in [0.2, 0.25) is 5.02 Å². The SMILES string of the molecule is O=C(Nc1ccc2scnc2c1)c1cc([N+](=O)[O-])c(F)cc1Cl. The predicted molar refractivity (Wildman–Crippen MR) is 85.6 cm³/mol. The van der Waals surface area contributed by atoms with Crippen LogP contribution in [0.25, 0.3) is 10.2 Å². The van der Waals surface area contributed by atoms with Crippen molar-refractivity contribution in [2.24, 2.45) is 0 Å². The molecule has 0 saturated carbocycles. The zero-order chi connectivity index (χ0) is 16.6. The predicted octanol–water partition coefficient (Wildman–Crippen LogP) is 4.25. The summed E-state index contributed by atoms with van der Waals surface area (Å²) in [6.45, 7) is 0. The first-order chi connectivity index (χ1) is 11.0. The van der Waals surface area contributed by atoms with Crippen molar-refractivity contribution in [2.45, 2.75) is 0 Å². The summed E-state index contributed by atoms with van der Waals surface area (Å²) in [5, 5.41) is 13.1. The zero-order valence-corrected chi connectivity index (χ0v) is 12.8. The molecule has 0 bridgehead atoms. The first-order valence-corrected chi connectivity index (χ1v) is 7.49. The third kappa shape index (κ3) is 2.99. The smallest absolute Gasteiger partial charge is 0.305 e. The lowest BCUT2D eigenvalue weighted by molar-refractivity contribution is -0.387. The van der Waals surface area contributed by atoms with E-state index in [2.05, 4.69) is 10.3 Å². The minimum absolute atomic E-state index is 0.182. The van der Waals surface area contributed by atoms with Crippen LogP contribution in [0.1, 0.15) is 10.4 Å². The van der Waals surface area contributed by atoms with E-state index in [9.17, 15) is 19.3 Å². The Morgan fingerprint density at radius 1 is 1.35 bits per heavy atom. The number of nitro groups is 1. The maximum Gasteiger partial charge on any atom is 0.305 e. The van der Waals surface area contributed by atoms with Crippen LogP contribution in [-0.4, -0.2) is 15.8 Å². The molecule has 0 aliphatic heterocycles. The molecule has 3 rings (SSSR count). The maximum absolute atomic E-state index is 13.4. The number of hydrogen-bond acceptors (Lipinski definition) is 5. The number of hydrogen-bond donors (Lipinski definition) is 1. The number of amides is 1. The molecule has 116 valence electrons. The molecule has 23 heavy (non-hydrogen) atoms. The normalized spacial score (nSPS) is 10.7. The molecule has 6 nitrogen and oxygen atoms in total. The molecule has 0 atom stereocenters. The number of nitrogens with zero attached hydrogens (tertiary/aromatic N) is 2. The van der Waals surface area contributed by atoms with Gasteiger partial charge in [-0.05, 0) is 18.2 Å². The van der Waals surface area contributed by atoms with E-state index in [1.807, 2.05) is 0 Å². The molecule has 0 saturated heterocycles. The maximum atomic E-state index is 13.4. The Balaban J connectivity index is 1.93. The topological polar surface area (TPSA) is 85.1 Å². The molecule has 0 fully saturated rings. The van der Waals surface area contributed by atoms with E-state index in [1.54, 1.807) is 23.7 Å². The Labute approximate surface area is 137 Å². The lowest BCUT2D eigenvalue weighted by atomic mass is 10.1. The lowest BCUT2D eigenvalue weighted by Crippen LogP contribution is -2.13. The van der Waals surface area contributed by atoms with E-state index in [-0.39, 0.29) is 10.6 Å². The number of anilines is 1. The van der Waals surface area contributed by atoms with Crippen molar-refractivity contribution >= 4 is 50.4 Å². The number of carbonyl (C=O) groups excluding carboxylic acids is 1. The minimum Gasteiger partial charge on any atom is -0.322 e. The molecule has 0 unspecified atom stereocenters. The molecule has 3 aromatic rings. The molecule has 1 amide bonds. The second-order valence-electron chi connectivity index (χ2n) is 4.53. The molecule has 0 aliphatic rings. The fraction of sp³-hybridized carbons (Fsp3) is 0. The van der Waals surface area contributed by atoms with Crippen molar-refractivity contribution in [1.29, 1.82) is 0 Å². The van der Waals surface area contributed by atoms with Crippen LogP contribution in [0.3, 0.4) is 0 Å². The average Bonchev–Trinajstić information content (AvgIpc) is 2.94. The number of nitrogens with one attached hydrogen (secondary N) is 1. The van der Waals surface area contributed by atoms with Gasteiger partial charge < -0.3 is 5.32 Å². The summed E-state index contributed by atoms with van der Waals surface area (Å²) < 4.78 is 14.4. The molecule has 1 aromatic heterocycles. The third-order valence-corrected chi connectivity index (χ3v) is 4.19. The summed E-state index contributed by atoms with van der Waals surface area (Å²) in [5.74, 6) is -1.77. The largest absolute Gasteiger partial charge is 0.322 e. The Kier molecular flexibility index (Phi) is 3.93. The highest BCUT2D eigenvalue weighted by atomic mass is 35.5. The summed E-state index contributed by atoms with van der Waals surface area (Å²) >= 11 is 7.27. The van der Waals surface area contributed by atoms with Gasteiger partial charge in [0.15, 0.2) is 0 Å². The Morgan fingerprint density at radius 2 is 2.13 bits per heavy atom. The molecular weight excluding hydrogens is 345 g/mol. The van der Waals surface area contributed by atoms with Crippen molar-refractivity contribution < 1.29 is 14.1 Å². The van der Waals surface area contributed by atoms with E-state index < -0.39 is 22.3 Å². The van der Waals surface area contributed by atoms with Gasteiger partial charge in [0, 0.05) is 17.8 Å². The molecule has 9 heteroatoms. The number of benzene rings is 2. The second-order valence-corrected chi connectivity index (χ2v) is 5.82. The third-order valence-electron chi connectivity index (χ3n) is 3.07. The van der Waals surface area contributed by atoms with E-state index in [1.165, 1.54) is 11.3 Å². The van der Waals surface area contributed by atoms with E-state index in [0.29, 0.717) is 11.2 Å². The fourth-order valence-electron chi connectivity index (χ4n) is 1.99. The summed E-state index contributed by atoms with van der Waals surface area (Å²) in [6.07, 6.45) is 0. The first kappa shape index (κ1) is 15.3. The van der Waals surface area contributed by atoms with Gasteiger partial charge in [0.25, 0.3) is 5.91 Å². The Morgan fingerprint density at radius 3 is 2.87 bits per heavy atom. The number of rotatable bonds is 3. The molecular formula is C14H7ClFN3O3S. The van der Waals surface area contributed by atoms with Gasteiger partial charge in [-0.15, -0.1) is 11.3 Å². The quantitative estimate of drug-likeness (QED) is 0.564. The van der Waals surface area contributed by atoms with E-state index >= 15 is 0 Å². The van der Waals surface area contributed by atoms with Gasteiger partial charge in [0.2, 0.25) is 5.82 Å². The number of nitro benzene ring substituents is 1. The van der Waals surface area contributed by atoms with Gasteiger partial charge in [-0.1, -0.05) is 11.6 Å². The highest BCUT2D eigenvalue weighted by Crippen LogP contribution is 2.27. The van der Waals surface area contributed by atoms with Gasteiger partial charge in [0.05, 0.1) is 31.2 Å². The Hall–Kier alpha value is -2.58. The van der Waals surface area contributed by atoms with E-state index in [4.69, 9.17) is 11.6 Å². The van der Waals surface area contributed by atoms with Crippen LogP contribution in [0.5, 0.6) is 0 Å². The van der Waals surface area contributed by atoms with Crippen molar-refractivity contribution in [3.8, 4) is 0 Å². The van der Waals surface area contributed by atoms with Crippen LogP contribution in [-0.2, 0) is 0 Å². The van der Waals surface area contributed by atoms with Crippen molar-refractivity contribution in [1.82, 2.24) is 4.98 Å². The van der Waals surface area contributed by atoms with Gasteiger partial charge in [-0.3, -0.25) is 14.9 Å². The monoisotopic (exact) mass is 351 g/mol. The highest BCUT2D eigenvalue weighted by Gasteiger charge is 2.21. The average molecular weight is 352 g/mol. The molecule has 1 N–H and O–H groups in total. The van der Waals surface area contributed by atoms with Crippen LogP contribution in [0, 0.1) is 15.9 Å². The van der Waals surface area contributed by atoms with Crippen molar-refractivity contribution in [3.63, 3.8) is 0 Å². The number of carbonyl (C=O) groups is 1. The molecule has 0 spiro atoms. The first-order valence-electron chi connectivity index (χ1n) is 6.24.